The molecule has 0 atom stereocenters. The Morgan fingerprint density at radius 2 is 2.15 bits per heavy atom. The Kier molecular flexibility index (Phi) is 5.19. The molecule has 20 heavy (non-hydrogen) atoms. The number of alkyl carbamates (subject to hydrolysis) is 1. The van der Waals surface area contributed by atoms with Crippen LogP contribution < -0.4 is 5.32 Å². The van der Waals surface area contributed by atoms with E-state index in [-0.39, 0.29) is 0 Å². The molecule has 1 aliphatic rings. The Morgan fingerprint density at radius 1 is 1.50 bits per heavy atom. The third kappa shape index (κ3) is 5.78. The molecule has 0 aliphatic carbocycles. The van der Waals surface area contributed by atoms with Crippen LogP contribution in [-0.2, 0) is 4.74 Å². The summed E-state index contributed by atoms with van der Waals surface area (Å²) in [5.41, 5.74) is 2.56. The van der Waals surface area contributed by atoms with Crippen molar-refractivity contribution in [3.63, 3.8) is 0 Å². The molecule has 1 amide bonds. The summed E-state index contributed by atoms with van der Waals surface area (Å²) in [5, 5.41) is 2.74. The zero-order chi connectivity index (χ0) is 15.3. The van der Waals surface area contributed by atoms with Crippen molar-refractivity contribution in [2.45, 2.75) is 33.3 Å². The Bertz CT molecular complexity index is 479. The summed E-state index contributed by atoms with van der Waals surface area (Å²) in [6.45, 7) is 11.9. The van der Waals surface area contributed by atoms with Crippen molar-refractivity contribution < 1.29 is 9.53 Å². The zero-order valence-electron chi connectivity index (χ0n) is 13.0. The minimum atomic E-state index is -0.477. The van der Waals surface area contributed by atoms with Gasteiger partial charge in [-0.15, -0.1) is 0 Å². The normalized spacial score (nSPS) is 16.1. The molecule has 4 heteroatoms. The van der Waals surface area contributed by atoms with Gasteiger partial charge in [0.15, 0.2) is 0 Å². The summed E-state index contributed by atoms with van der Waals surface area (Å²) in [6.07, 6.45) is 7.52. The fourth-order valence-corrected chi connectivity index (χ4v) is 1.62. The number of hydrogen-bond donors (Lipinski definition) is 1. The minimum absolute atomic E-state index is 0.404. The lowest BCUT2D eigenvalue weighted by molar-refractivity contribution is 0.0532. The lowest BCUT2D eigenvalue weighted by Crippen LogP contribution is -2.33. The molecule has 0 saturated carbocycles. The first-order valence-electron chi connectivity index (χ1n) is 6.62. The van der Waals surface area contributed by atoms with Crippen LogP contribution >= 0.6 is 0 Å². The lowest BCUT2D eigenvalue weighted by atomic mass is 10.0. The van der Waals surface area contributed by atoms with Crippen LogP contribution in [0.15, 0.2) is 47.9 Å². The maximum absolute atomic E-state index is 11.6. The third-order valence-electron chi connectivity index (χ3n) is 2.54. The van der Waals surface area contributed by atoms with Crippen molar-refractivity contribution in [2.75, 3.05) is 13.6 Å². The molecule has 0 aromatic rings. The van der Waals surface area contributed by atoms with Gasteiger partial charge in [-0.05, 0) is 44.9 Å². The third-order valence-corrected chi connectivity index (χ3v) is 2.54. The smallest absolute Gasteiger partial charge is 0.407 e. The van der Waals surface area contributed by atoms with Gasteiger partial charge < -0.3 is 15.0 Å². The number of rotatable bonds is 3. The standard InChI is InChI=1S/C16H24N2O2/c1-12(10-17-15(19)20-16(3,4)5)9-14-11-18(6)8-7-13(14)2/h7-9,11H,2,10H2,1,3-6H3,(H,17,19)/b12-9+. The average molecular weight is 276 g/mol. The number of hydrogen-bond acceptors (Lipinski definition) is 3. The first-order valence-corrected chi connectivity index (χ1v) is 6.62. The predicted octanol–water partition coefficient (Wildman–Crippen LogP) is 3.36. The molecule has 1 N–H and O–H groups in total. The number of ether oxygens (including phenoxy) is 1. The minimum Gasteiger partial charge on any atom is -0.444 e. The maximum Gasteiger partial charge on any atom is 0.407 e. The van der Waals surface area contributed by atoms with Gasteiger partial charge in [0.2, 0.25) is 0 Å². The van der Waals surface area contributed by atoms with Crippen LogP contribution in [0.4, 0.5) is 4.79 Å². The monoisotopic (exact) mass is 276 g/mol. The second-order valence-corrected chi connectivity index (χ2v) is 5.94. The van der Waals surface area contributed by atoms with Crippen molar-refractivity contribution in [1.82, 2.24) is 10.2 Å². The summed E-state index contributed by atoms with van der Waals surface area (Å²) < 4.78 is 5.19. The molecule has 0 aromatic carbocycles. The van der Waals surface area contributed by atoms with Crippen LogP contribution in [-0.4, -0.2) is 30.2 Å². The molecular weight excluding hydrogens is 252 g/mol. The van der Waals surface area contributed by atoms with Crippen molar-refractivity contribution >= 4 is 6.09 Å². The number of amides is 1. The van der Waals surface area contributed by atoms with Gasteiger partial charge >= 0.3 is 6.09 Å². The van der Waals surface area contributed by atoms with E-state index >= 15 is 0 Å². The van der Waals surface area contributed by atoms with Gasteiger partial charge in [0.05, 0.1) is 0 Å². The van der Waals surface area contributed by atoms with Gasteiger partial charge in [0, 0.05) is 26.0 Å². The van der Waals surface area contributed by atoms with E-state index in [0.717, 1.165) is 16.7 Å². The van der Waals surface area contributed by atoms with E-state index in [2.05, 4.69) is 11.9 Å². The molecule has 1 rings (SSSR count). The zero-order valence-corrected chi connectivity index (χ0v) is 13.0. The van der Waals surface area contributed by atoms with Crippen LogP contribution in [0.2, 0.25) is 0 Å². The number of nitrogens with one attached hydrogen (secondary N) is 1. The Morgan fingerprint density at radius 3 is 2.75 bits per heavy atom. The number of carbonyl (C=O) groups is 1. The Hall–Kier alpha value is -1.97. The van der Waals surface area contributed by atoms with Crippen LogP contribution in [0.3, 0.4) is 0 Å². The summed E-state index contributed by atoms with van der Waals surface area (Å²) in [5.74, 6) is 0. The Balaban J connectivity index is 2.55. The van der Waals surface area contributed by atoms with E-state index in [1.54, 1.807) is 0 Å². The Labute approximate surface area is 121 Å². The summed E-state index contributed by atoms with van der Waals surface area (Å²) in [6, 6.07) is 0. The summed E-state index contributed by atoms with van der Waals surface area (Å²) in [4.78, 5) is 13.5. The van der Waals surface area contributed by atoms with Gasteiger partial charge in [-0.1, -0.05) is 18.2 Å². The topological polar surface area (TPSA) is 41.6 Å². The van der Waals surface area contributed by atoms with Crippen LogP contribution in [0.5, 0.6) is 0 Å². The molecule has 4 nitrogen and oxygen atoms in total. The van der Waals surface area contributed by atoms with E-state index in [1.165, 1.54) is 0 Å². The second kappa shape index (κ2) is 6.46. The van der Waals surface area contributed by atoms with Crippen molar-refractivity contribution in [3.8, 4) is 0 Å². The van der Waals surface area contributed by atoms with Gasteiger partial charge in [0.1, 0.15) is 5.60 Å². The predicted molar refractivity (Wildman–Crippen MR) is 82.1 cm³/mol. The van der Waals surface area contributed by atoms with Gasteiger partial charge in [-0.3, -0.25) is 0 Å². The highest BCUT2D eigenvalue weighted by Crippen LogP contribution is 2.18. The van der Waals surface area contributed by atoms with Crippen molar-refractivity contribution in [1.29, 1.82) is 0 Å². The first kappa shape index (κ1) is 16.1. The maximum atomic E-state index is 11.6. The van der Waals surface area contributed by atoms with Gasteiger partial charge in [-0.25, -0.2) is 4.79 Å². The van der Waals surface area contributed by atoms with Crippen molar-refractivity contribution in [2.24, 2.45) is 0 Å². The second-order valence-electron chi connectivity index (χ2n) is 5.94. The highest BCUT2D eigenvalue weighted by Gasteiger charge is 2.15. The van der Waals surface area contributed by atoms with Gasteiger partial charge in [-0.2, -0.15) is 0 Å². The summed E-state index contributed by atoms with van der Waals surface area (Å²) in [7, 11) is 1.96. The molecule has 0 bridgehead atoms. The molecule has 0 aromatic heterocycles. The van der Waals surface area contributed by atoms with E-state index in [1.807, 2.05) is 64.2 Å². The van der Waals surface area contributed by atoms with Crippen LogP contribution in [0.1, 0.15) is 27.7 Å². The summed E-state index contributed by atoms with van der Waals surface area (Å²) >= 11 is 0. The fourth-order valence-electron chi connectivity index (χ4n) is 1.62. The molecule has 0 fully saturated rings. The number of allylic oxidation sites excluding steroid dienone is 4. The first-order chi connectivity index (χ1) is 9.17. The molecule has 0 unspecified atom stereocenters. The molecule has 1 aliphatic heterocycles. The van der Waals surface area contributed by atoms with E-state index < -0.39 is 11.7 Å². The largest absolute Gasteiger partial charge is 0.444 e. The molecule has 0 saturated heterocycles. The van der Waals surface area contributed by atoms with E-state index in [4.69, 9.17) is 4.74 Å². The number of carbonyl (C=O) groups excluding carboxylic acids is 1. The van der Waals surface area contributed by atoms with E-state index in [9.17, 15) is 4.79 Å². The molecular formula is C16H24N2O2. The quantitative estimate of drug-likeness (QED) is 0.859. The number of nitrogens with zero attached hydrogens (tertiary/aromatic N) is 1. The SMILES string of the molecule is C=C1C=CN(C)C=C1/C=C(\C)CNC(=O)OC(C)(C)C. The highest BCUT2D eigenvalue weighted by atomic mass is 16.6. The lowest BCUT2D eigenvalue weighted by Gasteiger charge is -2.20. The van der Waals surface area contributed by atoms with Crippen LogP contribution in [0.25, 0.3) is 0 Å². The molecule has 0 radical (unpaired) electrons. The van der Waals surface area contributed by atoms with Gasteiger partial charge in [0.25, 0.3) is 0 Å². The highest BCUT2D eigenvalue weighted by molar-refractivity contribution is 5.68. The average Bonchev–Trinajstić information content (AvgIpc) is 2.29. The fraction of sp³-hybridized carbons (Fsp3) is 0.438. The van der Waals surface area contributed by atoms with E-state index in [0.29, 0.717) is 6.54 Å². The molecule has 110 valence electrons. The van der Waals surface area contributed by atoms with Crippen molar-refractivity contribution in [3.05, 3.63) is 47.9 Å². The molecule has 1 heterocycles. The molecule has 0 spiro atoms. The van der Waals surface area contributed by atoms with Crippen LogP contribution in [0, 0.1) is 0 Å².